The Kier molecular flexibility index (Phi) is 7.05. The molecule has 0 radical (unpaired) electrons. The molecular weight excluding hydrogens is 314 g/mol. The molecule has 7 nitrogen and oxygen atoms in total. The third kappa shape index (κ3) is 5.48. The van der Waals surface area contributed by atoms with Gasteiger partial charge in [0.2, 0.25) is 0 Å². The van der Waals surface area contributed by atoms with E-state index >= 15 is 0 Å². The van der Waals surface area contributed by atoms with Gasteiger partial charge < -0.3 is 5.32 Å². The Morgan fingerprint density at radius 2 is 1.90 bits per heavy atom. The van der Waals surface area contributed by atoms with Crippen molar-refractivity contribution in [3.8, 4) is 0 Å². The lowest BCUT2D eigenvalue weighted by Gasteiger charge is -2.28. The highest BCUT2D eigenvalue weighted by molar-refractivity contribution is 7.91. The SMILES string of the molecule is CCCNCCCN(C)S(=O)(=O)N(C)C1CCS(=O)(=O)C1. The summed E-state index contributed by atoms with van der Waals surface area (Å²) in [6, 6.07) is -0.444. The molecule has 0 aromatic heterocycles. The van der Waals surface area contributed by atoms with E-state index in [0.29, 0.717) is 13.0 Å². The van der Waals surface area contributed by atoms with E-state index in [1.54, 1.807) is 0 Å². The number of nitrogens with one attached hydrogen (secondary N) is 1. The molecule has 0 amide bonds. The summed E-state index contributed by atoms with van der Waals surface area (Å²) in [6.07, 6.45) is 2.16. The number of rotatable bonds is 9. The first kappa shape index (κ1) is 18.8. The van der Waals surface area contributed by atoms with E-state index in [2.05, 4.69) is 12.2 Å². The number of sulfone groups is 1. The van der Waals surface area contributed by atoms with Crippen molar-refractivity contribution in [2.75, 3.05) is 45.2 Å². The zero-order chi connectivity index (χ0) is 16.1. The number of hydrogen-bond donors (Lipinski definition) is 1. The minimum absolute atomic E-state index is 0.0716. The van der Waals surface area contributed by atoms with Crippen molar-refractivity contribution in [1.29, 1.82) is 0 Å². The van der Waals surface area contributed by atoms with Crippen molar-refractivity contribution in [3.63, 3.8) is 0 Å². The maximum atomic E-state index is 12.4. The van der Waals surface area contributed by atoms with Crippen molar-refractivity contribution in [3.05, 3.63) is 0 Å². The topological polar surface area (TPSA) is 86.8 Å². The Labute approximate surface area is 128 Å². The Morgan fingerprint density at radius 3 is 2.43 bits per heavy atom. The minimum Gasteiger partial charge on any atom is -0.317 e. The summed E-state index contributed by atoms with van der Waals surface area (Å²) in [7, 11) is -3.68. The van der Waals surface area contributed by atoms with Crippen LogP contribution in [0.5, 0.6) is 0 Å². The van der Waals surface area contributed by atoms with Gasteiger partial charge in [0, 0.05) is 26.7 Å². The maximum absolute atomic E-state index is 12.4. The fraction of sp³-hybridized carbons (Fsp3) is 1.00. The van der Waals surface area contributed by atoms with Gasteiger partial charge in [-0.1, -0.05) is 6.92 Å². The molecule has 0 spiro atoms. The summed E-state index contributed by atoms with van der Waals surface area (Å²) < 4.78 is 50.2. The van der Waals surface area contributed by atoms with Crippen LogP contribution in [0.4, 0.5) is 0 Å². The van der Waals surface area contributed by atoms with Crippen LogP contribution in [0.25, 0.3) is 0 Å². The van der Waals surface area contributed by atoms with Gasteiger partial charge in [-0.05, 0) is 32.4 Å². The largest absolute Gasteiger partial charge is 0.317 e. The van der Waals surface area contributed by atoms with Crippen LogP contribution in [0, 0.1) is 0 Å². The lowest BCUT2D eigenvalue weighted by atomic mass is 10.3. The molecule has 21 heavy (non-hydrogen) atoms. The average Bonchev–Trinajstić information content (AvgIpc) is 2.77. The zero-order valence-corrected chi connectivity index (χ0v) is 14.7. The molecule has 1 aliphatic rings. The monoisotopic (exact) mass is 341 g/mol. The third-order valence-corrected chi connectivity index (χ3v) is 7.48. The highest BCUT2D eigenvalue weighted by Crippen LogP contribution is 2.20. The second kappa shape index (κ2) is 7.87. The summed E-state index contributed by atoms with van der Waals surface area (Å²) in [5.74, 6) is -0.00317. The standard InChI is InChI=1S/C12H27N3O4S2/c1-4-7-13-8-5-9-14(2)21(18,19)15(3)12-6-10-20(16,17)11-12/h12-13H,4-11H2,1-3H3. The van der Waals surface area contributed by atoms with Crippen LogP contribution in [0.15, 0.2) is 0 Å². The van der Waals surface area contributed by atoms with E-state index in [1.165, 1.54) is 22.7 Å². The minimum atomic E-state index is -3.59. The Morgan fingerprint density at radius 1 is 1.24 bits per heavy atom. The first-order valence-electron chi connectivity index (χ1n) is 7.31. The van der Waals surface area contributed by atoms with Gasteiger partial charge in [0.25, 0.3) is 10.2 Å². The highest BCUT2D eigenvalue weighted by Gasteiger charge is 2.37. The molecule has 1 heterocycles. The van der Waals surface area contributed by atoms with Crippen molar-refractivity contribution < 1.29 is 16.8 Å². The normalized spacial score (nSPS) is 22.2. The van der Waals surface area contributed by atoms with Gasteiger partial charge in [0.1, 0.15) is 0 Å². The van der Waals surface area contributed by atoms with Crippen molar-refractivity contribution in [1.82, 2.24) is 13.9 Å². The quantitative estimate of drug-likeness (QED) is 0.581. The second-order valence-electron chi connectivity index (χ2n) is 5.51. The van der Waals surface area contributed by atoms with E-state index in [1.807, 2.05) is 0 Å². The number of hydrogen-bond acceptors (Lipinski definition) is 5. The first-order valence-corrected chi connectivity index (χ1v) is 10.5. The summed E-state index contributed by atoms with van der Waals surface area (Å²) in [4.78, 5) is 0. The predicted molar refractivity (Wildman–Crippen MR) is 84.1 cm³/mol. The molecule has 126 valence electrons. The van der Waals surface area contributed by atoms with E-state index < -0.39 is 26.1 Å². The summed E-state index contributed by atoms with van der Waals surface area (Å²) in [5, 5.41) is 3.22. The summed E-state index contributed by atoms with van der Waals surface area (Å²) >= 11 is 0. The Hall–Kier alpha value is -0.220. The molecule has 0 bridgehead atoms. The predicted octanol–water partition coefficient (Wildman–Crippen LogP) is -0.328. The lowest BCUT2D eigenvalue weighted by Crippen LogP contribution is -2.46. The van der Waals surface area contributed by atoms with Crippen LogP contribution in [-0.2, 0) is 20.0 Å². The van der Waals surface area contributed by atoms with Crippen molar-refractivity contribution >= 4 is 20.0 Å². The molecule has 1 fully saturated rings. The van der Waals surface area contributed by atoms with Gasteiger partial charge in [-0.15, -0.1) is 0 Å². The number of nitrogens with zero attached hydrogens (tertiary/aromatic N) is 2. The van der Waals surface area contributed by atoms with Gasteiger partial charge in [-0.25, -0.2) is 8.42 Å². The maximum Gasteiger partial charge on any atom is 0.281 e. The van der Waals surface area contributed by atoms with Crippen molar-refractivity contribution in [2.24, 2.45) is 0 Å². The Bertz CT molecular complexity index is 519. The van der Waals surface area contributed by atoms with E-state index in [-0.39, 0.29) is 11.5 Å². The smallest absolute Gasteiger partial charge is 0.281 e. The molecule has 0 aromatic carbocycles. The van der Waals surface area contributed by atoms with Gasteiger partial charge in [0.05, 0.1) is 11.5 Å². The molecule has 9 heteroatoms. The molecule has 1 aliphatic heterocycles. The summed E-state index contributed by atoms with van der Waals surface area (Å²) in [6.45, 7) is 4.20. The van der Waals surface area contributed by atoms with Crippen LogP contribution >= 0.6 is 0 Å². The van der Waals surface area contributed by atoms with Gasteiger partial charge >= 0.3 is 0 Å². The molecular formula is C12H27N3O4S2. The summed E-state index contributed by atoms with van der Waals surface area (Å²) in [5.41, 5.74) is 0. The second-order valence-corrected chi connectivity index (χ2v) is 9.83. The fourth-order valence-corrected chi connectivity index (χ4v) is 5.54. The highest BCUT2D eigenvalue weighted by atomic mass is 32.2. The van der Waals surface area contributed by atoms with Gasteiger partial charge in [0.15, 0.2) is 9.84 Å². The molecule has 0 saturated carbocycles. The van der Waals surface area contributed by atoms with Crippen LogP contribution in [0.3, 0.4) is 0 Å². The van der Waals surface area contributed by atoms with E-state index in [0.717, 1.165) is 25.9 Å². The van der Waals surface area contributed by atoms with E-state index in [9.17, 15) is 16.8 Å². The van der Waals surface area contributed by atoms with Crippen LogP contribution in [-0.4, -0.2) is 76.7 Å². The Balaban J connectivity index is 2.51. The van der Waals surface area contributed by atoms with E-state index in [4.69, 9.17) is 0 Å². The van der Waals surface area contributed by atoms with Gasteiger partial charge in [-0.3, -0.25) is 0 Å². The molecule has 1 rings (SSSR count). The van der Waals surface area contributed by atoms with Crippen LogP contribution < -0.4 is 5.32 Å². The fourth-order valence-electron chi connectivity index (χ4n) is 2.31. The first-order chi connectivity index (χ1) is 9.70. The molecule has 1 saturated heterocycles. The van der Waals surface area contributed by atoms with Crippen molar-refractivity contribution in [2.45, 2.75) is 32.2 Å². The average molecular weight is 341 g/mol. The lowest BCUT2D eigenvalue weighted by molar-refractivity contribution is 0.345. The van der Waals surface area contributed by atoms with Crippen LogP contribution in [0.2, 0.25) is 0 Å². The molecule has 0 aliphatic carbocycles. The van der Waals surface area contributed by atoms with Gasteiger partial charge in [-0.2, -0.15) is 17.0 Å². The third-order valence-electron chi connectivity index (χ3n) is 3.73. The molecule has 1 N–H and O–H groups in total. The molecule has 0 aromatic rings. The molecule has 1 atom stereocenters. The zero-order valence-electron chi connectivity index (χ0n) is 13.1. The van der Waals surface area contributed by atoms with Crippen LogP contribution in [0.1, 0.15) is 26.2 Å². The molecule has 1 unspecified atom stereocenters.